The van der Waals surface area contributed by atoms with Crippen molar-refractivity contribution >= 4 is 11.8 Å². The summed E-state index contributed by atoms with van der Waals surface area (Å²) in [6, 6.07) is 21.5. The number of carbonyl (C=O) groups excluding carboxylic acids is 2. The van der Waals surface area contributed by atoms with E-state index >= 15 is 0 Å². The second-order valence-corrected chi connectivity index (χ2v) is 7.48. The summed E-state index contributed by atoms with van der Waals surface area (Å²) < 4.78 is 0. The molecule has 1 atom stereocenters. The van der Waals surface area contributed by atoms with Crippen LogP contribution in [0, 0.1) is 0 Å². The lowest BCUT2D eigenvalue weighted by atomic mass is 10.0. The number of pyridine rings is 1. The summed E-state index contributed by atoms with van der Waals surface area (Å²) in [7, 11) is 0. The lowest BCUT2D eigenvalue weighted by Crippen LogP contribution is -2.49. The highest BCUT2D eigenvalue weighted by atomic mass is 16.2. The molecule has 1 heterocycles. The SMILES string of the molecule is O=C(NC(Cc1ccccc1)C(=O)NC1CC1)c1ccc(-c2ccccc2)[nH]c1=O. The normalized spacial score (nSPS) is 14.0. The van der Waals surface area contributed by atoms with Gasteiger partial charge in [0.05, 0.1) is 0 Å². The van der Waals surface area contributed by atoms with Gasteiger partial charge in [0, 0.05) is 18.2 Å². The summed E-state index contributed by atoms with van der Waals surface area (Å²) in [4.78, 5) is 40.8. The van der Waals surface area contributed by atoms with Crippen molar-refractivity contribution in [1.29, 1.82) is 0 Å². The molecule has 152 valence electrons. The first-order valence-electron chi connectivity index (χ1n) is 10.0. The van der Waals surface area contributed by atoms with Crippen LogP contribution >= 0.6 is 0 Å². The number of aromatic nitrogens is 1. The molecule has 0 aliphatic heterocycles. The Labute approximate surface area is 174 Å². The predicted octanol–water partition coefficient (Wildman–Crippen LogP) is 2.66. The van der Waals surface area contributed by atoms with Crippen LogP contribution in [-0.4, -0.2) is 28.9 Å². The molecule has 1 saturated carbocycles. The zero-order valence-corrected chi connectivity index (χ0v) is 16.4. The van der Waals surface area contributed by atoms with Crippen LogP contribution in [0.3, 0.4) is 0 Å². The maximum atomic E-state index is 12.8. The van der Waals surface area contributed by atoms with Crippen LogP contribution in [0.5, 0.6) is 0 Å². The number of amides is 2. The fraction of sp³-hybridized carbons (Fsp3) is 0.208. The molecule has 0 radical (unpaired) electrons. The monoisotopic (exact) mass is 401 g/mol. The van der Waals surface area contributed by atoms with E-state index in [2.05, 4.69) is 15.6 Å². The van der Waals surface area contributed by atoms with E-state index in [4.69, 9.17) is 0 Å². The van der Waals surface area contributed by atoms with Crippen molar-refractivity contribution in [3.05, 3.63) is 94.3 Å². The van der Waals surface area contributed by atoms with Gasteiger partial charge in [-0.1, -0.05) is 60.7 Å². The lowest BCUT2D eigenvalue weighted by Gasteiger charge is -2.18. The highest BCUT2D eigenvalue weighted by molar-refractivity contribution is 5.97. The second-order valence-electron chi connectivity index (χ2n) is 7.48. The molecule has 3 N–H and O–H groups in total. The molecular weight excluding hydrogens is 378 g/mol. The Hall–Kier alpha value is -3.67. The van der Waals surface area contributed by atoms with Gasteiger partial charge in [-0.25, -0.2) is 0 Å². The molecule has 2 aromatic carbocycles. The van der Waals surface area contributed by atoms with Gasteiger partial charge >= 0.3 is 0 Å². The molecule has 0 spiro atoms. The molecule has 1 fully saturated rings. The number of benzene rings is 2. The molecule has 1 aromatic heterocycles. The molecule has 6 heteroatoms. The number of nitrogens with one attached hydrogen (secondary N) is 3. The van der Waals surface area contributed by atoms with Crippen LogP contribution < -0.4 is 16.2 Å². The third-order valence-electron chi connectivity index (χ3n) is 5.07. The second kappa shape index (κ2) is 8.78. The van der Waals surface area contributed by atoms with Crippen molar-refractivity contribution in [1.82, 2.24) is 15.6 Å². The highest BCUT2D eigenvalue weighted by Crippen LogP contribution is 2.19. The van der Waals surface area contributed by atoms with Gasteiger partial charge in [-0.05, 0) is 36.1 Å². The zero-order valence-electron chi connectivity index (χ0n) is 16.4. The van der Waals surface area contributed by atoms with Crippen LogP contribution in [0.25, 0.3) is 11.3 Å². The third-order valence-corrected chi connectivity index (χ3v) is 5.07. The Bertz CT molecular complexity index is 1090. The maximum absolute atomic E-state index is 12.8. The molecule has 3 aromatic rings. The minimum absolute atomic E-state index is 0.0213. The average molecular weight is 401 g/mol. The summed E-state index contributed by atoms with van der Waals surface area (Å²) in [6.45, 7) is 0. The van der Waals surface area contributed by atoms with E-state index in [1.54, 1.807) is 6.07 Å². The zero-order chi connectivity index (χ0) is 20.9. The first kappa shape index (κ1) is 19.6. The Balaban J connectivity index is 1.52. The standard InChI is InChI=1S/C24H23N3O3/c28-22-19(13-14-20(26-22)17-9-5-2-6-10-17)23(29)27-21(24(30)25-18-11-12-18)15-16-7-3-1-4-8-16/h1-10,13-14,18,21H,11-12,15H2,(H,25,30)(H,26,28)(H,27,29). The van der Waals surface area contributed by atoms with Crippen molar-refractivity contribution in [2.75, 3.05) is 0 Å². The molecule has 6 nitrogen and oxygen atoms in total. The van der Waals surface area contributed by atoms with Crippen molar-refractivity contribution in [3.63, 3.8) is 0 Å². The molecule has 2 amide bonds. The van der Waals surface area contributed by atoms with Crippen LogP contribution in [0.15, 0.2) is 77.6 Å². The number of H-pyrrole nitrogens is 1. The molecule has 1 unspecified atom stereocenters. The van der Waals surface area contributed by atoms with E-state index < -0.39 is 17.5 Å². The molecular formula is C24H23N3O3. The number of carbonyl (C=O) groups is 2. The van der Waals surface area contributed by atoms with E-state index in [0.717, 1.165) is 24.0 Å². The van der Waals surface area contributed by atoms with Crippen molar-refractivity contribution in [3.8, 4) is 11.3 Å². The largest absolute Gasteiger partial charge is 0.352 e. The summed E-state index contributed by atoms with van der Waals surface area (Å²) in [6.07, 6.45) is 2.27. The van der Waals surface area contributed by atoms with Crippen molar-refractivity contribution in [2.24, 2.45) is 0 Å². The van der Waals surface area contributed by atoms with Crippen molar-refractivity contribution < 1.29 is 9.59 Å². The first-order valence-corrected chi connectivity index (χ1v) is 10.0. The number of rotatable bonds is 7. The van der Waals surface area contributed by atoms with Gasteiger partial charge in [-0.3, -0.25) is 14.4 Å². The van der Waals surface area contributed by atoms with E-state index in [1.807, 2.05) is 60.7 Å². The number of hydrogen-bond donors (Lipinski definition) is 3. The van der Waals surface area contributed by atoms with E-state index in [0.29, 0.717) is 12.1 Å². The fourth-order valence-electron chi connectivity index (χ4n) is 3.26. The Morgan fingerprint density at radius 3 is 2.23 bits per heavy atom. The van der Waals surface area contributed by atoms with E-state index in [9.17, 15) is 14.4 Å². The Kier molecular flexibility index (Phi) is 5.75. The Morgan fingerprint density at radius 2 is 1.60 bits per heavy atom. The topological polar surface area (TPSA) is 91.1 Å². The van der Waals surface area contributed by atoms with Crippen LogP contribution in [0.4, 0.5) is 0 Å². The van der Waals surface area contributed by atoms with Gasteiger partial charge in [-0.2, -0.15) is 0 Å². The predicted molar refractivity (Wildman–Crippen MR) is 115 cm³/mol. The number of hydrogen-bond acceptors (Lipinski definition) is 3. The highest BCUT2D eigenvalue weighted by Gasteiger charge is 2.29. The van der Waals surface area contributed by atoms with Gasteiger partial charge in [0.1, 0.15) is 11.6 Å². The minimum atomic E-state index is -0.756. The fourth-order valence-corrected chi connectivity index (χ4v) is 3.26. The number of aromatic amines is 1. The van der Waals surface area contributed by atoms with E-state index in [1.165, 1.54) is 6.07 Å². The Morgan fingerprint density at radius 1 is 0.933 bits per heavy atom. The van der Waals surface area contributed by atoms with Crippen LogP contribution in [-0.2, 0) is 11.2 Å². The molecule has 1 aliphatic carbocycles. The van der Waals surface area contributed by atoms with Gasteiger partial charge in [-0.15, -0.1) is 0 Å². The van der Waals surface area contributed by atoms with E-state index in [-0.39, 0.29) is 17.5 Å². The molecule has 4 rings (SSSR count). The smallest absolute Gasteiger partial charge is 0.261 e. The lowest BCUT2D eigenvalue weighted by molar-refractivity contribution is -0.123. The van der Waals surface area contributed by atoms with Gasteiger partial charge in [0.15, 0.2) is 0 Å². The summed E-state index contributed by atoms with van der Waals surface area (Å²) >= 11 is 0. The van der Waals surface area contributed by atoms with Crippen molar-refractivity contribution in [2.45, 2.75) is 31.3 Å². The van der Waals surface area contributed by atoms with Gasteiger partial charge in [0.2, 0.25) is 5.91 Å². The summed E-state index contributed by atoms with van der Waals surface area (Å²) in [5, 5.41) is 5.68. The van der Waals surface area contributed by atoms with Crippen LogP contribution in [0.2, 0.25) is 0 Å². The molecule has 0 bridgehead atoms. The summed E-state index contributed by atoms with van der Waals surface area (Å²) in [5.41, 5.74) is 1.90. The minimum Gasteiger partial charge on any atom is -0.352 e. The third kappa shape index (κ3) is 4.84. The van der Waals surface area contributed by atoms with Crippen LogP contribution in [0.1, 0.15) is 28.8 Å². The molecule has 30 heavy (non-hydrogen) atoms. The van der Waals surface area contributed by atoms with Gasteiger partial charge < -0.3 is 15.6 Å². The van der Waals surface area contributed by atoms with Gasteiger partial charge in [0.25, 0.3) is 11.5 Å². The molecule has 0 saturated heterocycles. The first-order chi connectivity index (χ1) is 14.6. The molecule has 1 aliphatic rings. The average Bonchev–Trinajstić information content (AvgIpc) is 3.58. The quantitative estimate of drug-likeness (QED) is 0.568. The maximum Gasteiger partial charge on any atom is 0.261 e. The summed E-state index contributed by atoms with van der Waals surface area (Å²) in [5.74, 6) is -0.797.